The van der Waals surface area contributed by atoms with E-state index in [0.29, 0.717) is 0 Å². The Morgan fingerprint density at radius 2 is 1.09 bits per heavy atom. The van der Waals surface area contributed by atoms with Crippen molar-refractivity contribution in [1.29, 1.82) is 0 Å². The van der Waals surface area contributed by atoms with E-state index in [1.807, 2.05) is 0 Å². The zero-order valence-electron chi connectivity index (χ0n) is 17.1. The van der Waals surface area contributed by atoms with Crippen LogP contribution < -0.4 is 0 Å². The van der Waals surface area contributed by atoms with Gasteiger partial charge in [0.25, 0.3) is 6.08 Å². The van der Waals surface area contributed by atoms with Crippen molar-refractivity contribution in [2.75, 3.05) is 19.8 Å². The minimum absolute atomic E-state index is 0.00133. The molecule has 0 bridgehead atoms. The molecule has 0 radical (unpaired) electrons. The van der Waals surface area contributed by atoms with Gasteiger partial charge in [0.15, 0.2) is 0 Å². The quantitative estimate of drug-likeness (QED) is 0.137. The fourth-order valence-corrected chi connectivity index (χ4v) is 4.95. The number of hydrogen-bond donors (Lipinski definition) is 0. The van der Waals surface area contributed by atoms with E-state index in [9.17, 15) is 52.7 Å². The fourth-order valence-electron chi connectivity index (χ4n) is 2.48. The number of hydrogen-bond acceptors (Lipinski definition) is 3. The Labute approximate surface area is 177 Å². The van der Waals surface area contributed by atoms with Crippen LogP contribution >= 0.6 is 0 Å². The normalized spacial score (nSPS) is 14.6. The lowest BCUT2D eigenvalue weighted by atomic mass is 9.95. The van der Waals surface area contributed by atoms with Crippen LogP contribution in [0.1, 0.15) is 40.0 Å². The van der Waals surface area contributed by atoms with Gasteiger partial charge in [-0.15, -0.1) is 0 Å². The van der Waals surface area contributed by atoms with E-state index >= 15 is 0 Å². The number of unbranched alkanes of at least 4 members (excludes halogenated alkanes) is 1. The van der Waals surface area contributed by atoms with Gasteiger partial charge < -0.3 is 13.3 Å². The maximum absolute atomic E-state index is 14.7. The Balaban J connectivity index is 6.33. The minimum atomic E-state index is -7.34. The van der Waals surface area contributed by atoms with Crippen molar-refractivity contribution in [3.05, 3.63) is 12.2 Å². The highest BCUT2D eigenvalue weighted by Crippen LogP contribution is 2.59. The average molecular weight is 518 g/mol. The molecule has 192 valence electrons. The Hall–Kier alpha value is -1.00. The van der Waals surface area contributed by atoms with Crippen LogP contribution in [0.15, 0.2) is 12.2 Å². The summed E-state index contributed by atoms with van der Waals surface area (Å²) >= 11 is 0. The van der Waals surface area contributed by atoms with Crippen molar-refractivity contribution in [1.82, 2.24) is 0 Å². The molecule has 32 heavy (non-hydrogen) atoms. The molecule has 0 unspecified atom stereocenters. The first kappa shape index (κ1) is 31.0. The predicted molar refractivity (Wildman–Crippen MR) is 89.5 cm³/mol. The molecule has 0 spiro atoms. The van der Waals surface area contributed by atoms with Crippen molar-refractivity contribution < 1.29 is 66.0 Å². The van der Waals surface area contributed by atoms with E-state index in [4.69, 9.17) is 0 Å². The van der Waals surface area contributed by atoms with Gasteiger partial charge in [-0.3, -0.25) is 0 Å². The van der Waals surface area contributed by atoms with E-state index in [-0.39, 0.29) is 6.08 Å². The van der Waals surface area contributed by atoms with Crippen LogP contribution in [0.5, 0.6) is 0 Å². The molecule has 0 aliphatic carbocycles. The van der Waals surface area contributed by atoms with Crippen molar-refractivity contribution in [3.63, 3.8) is 0 Å². The highest BCUT2D eigenvalue weighted by atomic mass is 28.4. The van der Waals surface area contributed by atoms with Crippen LogP contribution in [0.25, 0.3) is 0 Å². The Kier molecular flexibility index (Phi) is 10.6. The first-order valence-corrected chi connectivity index (χ1v) is 10.9. The molecule has 0 N–H and O–H groups in total. The topological polar surface area (TPSA) is 27.7 Å². The molecule has 0 aromatic heterocycles. The molecule has 0 amide bonds. The molecule has 0 aliphatic heterocycles. The first-order chi connectivity index (χ1) is 14.3. The van der Waals surface area contributed by atoms with Crippen LogP contribution in [-0.4, -0.2) is 57.9 Å². The summed E-state index contributed by atoms with van der Waals surface area (Å²) in [5.74, 6) is -27.5. The smallest absolute Gasteiger partial charge is 0.370 e. The minimum Gasteiger partial charge on any atom is -0.370 e. The van der Waals surface area contributed by atoms with Gasteiger partial charge in [-0.2, -0.15) is 52.7 Å². The summed E-state index contributed by atoms with van der Waals surface area (Å²) in [5.41, 5.74) is -6.27. The summed E-state index contributed by atoms with van der Waals surface area (Å²) in [6.45, 7) is 0.328. The Morgan fingerprint density at radius 1 is 0.688 bits per heavy atom. The highest BCUT2D eigenvalue weighted by molar-refractivity contribution is 6.63. The van der Waals surface area contributed by atoms with Crippen LogP contribution in [0.2, 0.25) is 0 Å². The van der Waals surface area contributed by atoms with Crippen LogP contribution in [0.4, 0.5) is 52.7 Å². The molecule has 0 atom stereocenters. The van der Waals surface area contributed by atoms with E-state index in [2.05, 4.69) is 13.3 Å². The van der Waals surface area contributed by atoms with E-state index in [1.165, 1.54) is 0 Å². The van der Waals surface area contributed by atoms with E-state index in [0.717, 1.165) is 20.8 Å². The lowest BCUT2D eigenvalue weighted by Gasteiger charge is -2.43. The highest BCUT2D eigenvalue weighted by Gasteiger charge is 2.91. The molecule has 0 aromatic carbocycles. The molecule has 0 aliphatic rings. The molecule has 0 saturated carbocycles. The van der Waals surface area contributed by atoms with Gasteiger partial charge in [0.2, 0.25) is 0 Å². The zero-order chi connectivity index (χ0) is 25.6. The van der Waals surface area contributed by atoms with Gasteiger partial charge in [-0.1, -0.05) is 0 Å². The molecule has 16 heteroatoms. The summed E-state index contributed by atoms with van der Waals surface area (Å²) in [6.07, 6.45) is -6.90. The number of alkyl halides is 10. The van der Waals surface area contributed by atoms with Crippen molar-refractivity contribution >= 4 is 8.80 Å². The van der Waals surface area contributed by atoms with Crippen molar-refractivity contribution in [2.24, 2.45) is 0 Å². The molecule has 0 saturated heterocycles. The van der Waals surface area contributed by atoms with Crippen LogP contribution in [0.3, 0.4) is 0 Å². The van der Waals surface area contributed by atoms with Gasteiger partial charge >= 0.3 is 38.0 Å². The molecule has 3 nitrogen and oxygen atoms in total. The van der Waals surface area contributed by atoms with Gasteiger partial charge in [0, 0.05) is 26.2 Å². The third-order valence-corrected chi connectivity index (χ3v) is 7.11. The average Bonchev–Trinajstić information content (AvgIpc) is 2.64. The number of halogens is 12. The van der Waals surface area contributed by atoms with Crippen LogP contribution in [0, 0.1) is 0 Å². The second-order valence-corrected chi connectivity index (χ2v) is 8.85. The van der Waals surface area contributed by atoms with Crippen molar-refractivity contribution in [2.45, 2.75) is 69.3 Å². The van der Waals surface area contributed by atoms with Crippen LogP contribution in [-0.2, 0) is 13.3 Å². The molecule has 0 rings (SSSR count). The Morgan fingerprint density at radius 3 is 1.44 bits per heavy atom. The molecular formula is C16H22F12O3Si. The summed E-state index contributed by atoms with van der Waals surface area (Å²) < 4.78 is 179. The number of rotatable bonds is 15. The molecule has 0 fully saturated rings. The third kappa shape index (κ3) is 5.55. The third-order valence-electron chi connectivity index (χ3n) is 4.02. The second-order valence-electron chi connectivity index (χ2n) is 6.24. The number of allylic oxidation sites excluding steroid dienone is 1. The van der Waals surface area contributed by atoms with Crippen molar-refractivity contribution in [3.8, 4) is 0 Å². The Bertz CT molecular complexity index is 606. The standard InChI is InChI=1S/C16H22F12O3Si/c1-4-29-32(30-5-2,31-6-3)16(27,28)15(25,26)14(23,24)13(21,22)12(19,20)10-8-7-9-11(17)18/h9H,4-8,10H2,1-3H3. The lowest BCUT2D eigenvalue weighted by molar-refractivity contribution is -0.396. The summed E-state index contributed by atoms with van der Waals surface area (Å²) in [7, 11) is -6.18. The van der Waals surface area contributed by atoms with Gasteiger partial charge in [0.05, 0.1) is 0 Å². The van der Waals surface area contributed by atoms with Gasteiger partial charge in [0.1, 0.15) is 0 Å². The predicted octanol–water partition coefficient (Wildman–Crippen LogP) is 6.70. The second kappa shape index (κ2) is 10.9. The first-order valence-electron chi connectivity index (χ1n) is 9.17. The molecule has 0 heterocycles. The fraction of sp³-hybridized carbons (Fsp3) is 0.875. The SMILES string of the molecule is CCO[Si](OCC)(OCC)C(F)(F)C(F)(F)C(F)(F)C(F)(F)C(F)(F)CCCC=C(F)F. The molecule has 0 aromatic rings. The summed E-state index contributed by atoms with van der Waals surface area (Å²) in [5, 5.41) is 0. The maximum Gasteiger partial charge on any atom is 0.582 e. The molecular weight excluding hydrogens is 496 g/mol. The zero-order valence-corrected chi connectivity index (χ0v) is 18.1. The largest absolute Gasteiger partial charge is 0.582 e. The van der Waals surface area contributed by atoms with E-state index in [1.54, 1.807) is 0 Å². The monoisotopic (exact) mass is 518 g/mol. The van der Waals surface area contributed by atoms with Gasteiger partial charge in [-0.05, 0) is 39.7 Å². The summed E-state index contributed by atoms with van der Waals surface area (Å²) in [6, 6.07) is 0. The maximum atomic E-state index is 14.7. The van der Waals surface area contributed by atoms with Gasteiger partial charge in [-0.25, -0.2) is 0 Å². The lowest BCUT2D eigenvalue weighted by Crippen LogP contribution is -2.76. The summed E-state index contributed by atoms with van der Waals surface area (Å²) in [4.78, 5) is 0. The van der Waals surface area contributed by atoms with E-state index < -0.39 is 83.2 Å².